The van der Waals surface area contributed by atoms with Gasteiger partial charge >= 0.3 is 0 Å². The summed E-state index contributed by atoms with van der Waals surface area (Å²) in [6.07, 6.45) is 0. The quantitative estimate of drug-likeness (QED) is 0.809. The first-order chi connectivity index (χ1) is 6.24. The topological polar surface area (TPSA) is 29.1 Å². The smallest absolute Gasteiger partial charge is 0.296 e. The van der Waals surface area contributed by atoms with Crippen molar-refractivity contribution in [1.29, 1.82) is 0 Å². The molecule has 68 valence electrons. The highest BCUT2D eigenvalue weighted by Gasteiger charge is 2.01. The number of rotatable bonds is 2. The van der Waals surface area contributed by atoms with Crippen molar-refractivity contribution in [3.63, 3.8) is 0 Å². The molecule has 4 heteroatoms. The molecule has 1 N–H and O–H groups in total. The van der Waals surface area contributed by atoms with Crippen molar-refractivity contribution >= 4 is 33.2 Å². The van der Waals surface area contributed by atoms with E-state index in [1.165, 1.54) is 0 Å². The third-order valence-electron chi connectivity index (χ3n) is 1.34. The Labute approximate surface area is 89.5 Å². The first-order valence-electron chi connectivity index (χ1n) is 3.66. The highest BCUT2D eigenvalue weighted by molar-refractivity contribution is 9.10. The molecule has 1 amide bonds. The number of carbonyl (C=O) groups is 1. The molecule has 1 heterocycles. The van der Waals surface area contributed by atoms with Crippen LogP contribution in [-0.2, 0) is 11.3 Å². The van der Waals surface area contributed by atoms with E-state index in [-0.39, 0.29) is 5.91 Å². The van der Waals surface area contributed by atoms with Gasteiger partial charge in [-0.1, -0.05) is 5.92 Å². The zero-order chi connectivity index (χ0) is 9.68. The fraction of sp³-hybridized carbons (Fsp3) is 0.222. The van der Waals surface area contributed by atoms with Crippen molar-refractivity contribution in [2.75, 3.05) is 0 Å². The fourth-order valence-electron chi connectivity index (χ4n) is 0.770. The molecule has 0 saturated carbocycles. The van der Waals surface area contributed by atoms with Gasteiger partial charge in [-0.3, -0.25) is 4.79 Å². The average molecular weight is 258 g/mol. The summed E-state index contributed by atoms with van der Waals surface area (Å²) in [5.74, 6) is 4.72. The van der Waals surface area contributed by atoms with Crippen LogP contribution in [0.4, 0.5) is 0 Å². The van der Waals surface area contributed by atoms with Crippen molar-refractivity contribution in [3.8, 4) is 11.8 Å². The van der Waals surface area contributed by atoms with Gasteiger partial charge in [-0.2, -0.15) is 0 Å². The van der Waals surface area contributed by atoms with E-state index >= 15 is 0 Å². The Morgan fingerprint density at radius 3 is 3.08 bits per heavy atom. The van der Waals surface area contributed by atoms with Crippen LogP contribution < -0.4 is 5.32 Å². The van der Waals surface area contributed by atoms with Gasteiger partial charge < -0.3 is 5.32 Å². The van der Waals surface area contributed by atoms with Crippen molar-refractivity contribution in [3.05, 3.63) is 20.8 Å². The number of amides is 1. The Morgan fingerprint density at radius 2 is 2.54 bits per heavy atom. The molecule has 1 rings (SSSR count). The van der Waals surface area contributed by atoms with E-state index in [2.05, 4.69) is 33.1 Å². The molecular weight excluding hydrogens is 250 g/mol. The van der Waals surface area contributed by atoms with E-state index < -0.39 is 0 Å². The Bertz CT molecular complexity index is 361. The predicted octanol–water partition coefficient (Wildman–Crippen LogP) is 2.15. The molecule has 0 radical (unpaired) electrons. The molecule has 1 aromatic rings. The maximum atomic E-state index is 11.0. The van der Waals surface area contributed by atoms with Crippen LogP contribution in [0.3, 0.4) is 0 Å². The first-order valence-corrected chi connectivity index (χ1v) is 5.33. The van der Waals surface area contributed by atoms with E-state index in [1.807, 2.05) is 11.4 Å². The zero-order valence-corrected chi connectivity index (χ0v) is 9.46. The minimum Gasteiger partial charge on any atom is -0.340 e. The molecule has 0 bridgehead atoms. The molecular formula is C9H8BrNOS. The van der Waals surface area contributed by atoms with E-state index in [0.717, 1.165) is 9.35 Å². The average Bonchev–Trinajstić information content (AvgIpc) is 2.48. The molecule has 0 aliphatic rings. The molecule has 0 fully saturated rings. The lowest BCUT2D eigenvalue weighted by atomic mass is 10.4. The maximum Gasteiger partial charge on any atom is 0.296 e. The molecule has 0 aliphatic heterocycles. The summed E-state index contributed by atoms with van der Waals surface area (Å²) in [4.78, 5) is 12.1. The SMILES string of the molecule is CC#CC(=O)NCc1sccc1Br. The van der Waals surface area contributed by atoms with E-state index in [1.54, 1.807) is 18.3 Å². The van der Waals surface area contributed by atoms with Crippen LogP contribution >= 0.6 is 27.3 Å². The lowest BCUT2D eigenvalue weighted by Gasteiger charge is -1.98. The fourth-order valence-corrected chi connectivity index (χ4v) is 2.20. The highest BCUT2D eigenvalue weighted by Crippen LogP contribution is 2.21. The van der Waals surface area contributed by atoms with E-state index in [4.69, 9.17) is 0 Å². The summed E-state index contributed by atoms with van der Waals surface area (Å²) in [6, 6.07) is 1.96. The third-order valence-corrected chi connectivity index (χ3v) is 3.27. The van der Waals surface area contributed by atoms with Gasteiger partial charge in [0, 0.05) is 9.35 Å². The maximum absolute atomic E-state index is 11.0. The Balaban J connectivity index is 2.47. The van der Waals surface area contributed by atoms with Crippen molar-refractivity contribution in [2.45, 2.75) is 13.5 Å². The molecule has 2 nitrogen and oxygen atoms in total. The number of halogens is 1. The third kappa shape index (κ3) is 3.21. The lowest BCUT2D eigenvalue weighted by molar-refractivity contribution is -0.115. The minimum atomic E-state index is -0.234. The van der Waals surface area contributed by atoms with Gasteiger partial charge in [0.05, 0.1) is 6.54 Å². The van der Waals surface area contributed by atoms with Crippen LogP contribution in [0, 0.1) is 11.8 Å². The summed E-state index contributed by atoms with van der Waals surface area (Å²) in [5, 5.41) is 4.66. The highest BCUT2D eigenvalue weighted by atomic mass is 79.9. The molecule has 0 unspecified atom stereocenters. The lowest BCUT2D eigenvalue weighted by Crippen LogP contribution is -2.20. The summed E-state index contributed by atoms with van der Waals surface area (Å²) < 4.78 is 1.03. The Hall–Kier alpha value is -0.790. The van der Waals surface area contributed by atoms with Crippen LogP contribution in [0.25, 0.3) is 0 Å². The summed E-state index contributed by atoms with van der Waals surface area (Å²) in [5.41, 5.74) is 0. The molecule has 0 aromatic carbocycles. The number of nitrogens with one attached hydrogen (secondary N) is 1. The van der Waals surface area contributed by atoms with Gasteiger partial charge in [0.2, 0.25) is 0 Å². The Kier molecular flexibility index (Phi) is 4.00. The van der Waals surface area contributed by atoms with Gasteiger partial charge in [-0.25, -0.2) is 0 Å². The van der Waals surface area contributed by atoms with Gasteiger partial charge in [0.1, 0.15) is 0 Å². The summed E-state index contributed by atoms with van der Waals surface area (Å²) >= 11 is 4.98. The van der Waals surface area contributed by atoms with E-state index in [9.17, 15) is 4.79 Å². The van der Waals surface area contributed by atoms with Crippen LogP contribution in [-0.4, -0.2) is 5.91 Å². The van der Waals surface area contributed by atoms with Gasteiger partial charge in [-0.05, 0) is 40.2 Å². The summed E-state index contributed by atoms with van der Waals surface area (Å²) in [7, 11) is 0. The number of hydrogen-bond donors (Lipinski definition) is 1. The second kappa shape index (κ2) is 5.05. The number of hydrogen-bond acceptors (Lipinski definition) is 2. The van der Waals surface area contributed by atoms with E-state index in [0.29, 0.717) is 6.54 Å². The summed E-state index contributed by atoms with van der Waals surface area (Å²) in [6.45, 7) is 2.17. The standard InChI is InChI=1S/C9H8BrNOS/c1-2-3-9(12)11-6-8-7(10)4-5-13-8/h4-5H,6H2,1H3,(H,11,12). The van der Waals surface area contributed by atoms with Gasteiger partial charge in [-0.15, -0.1) is 11.3 Å². The predicted molar refractivity (Wildman–Crippen MR) is 57.3 cm³/mol. The molecule has 0 saturated heterocycles. The molecule has 0 spiro atoms. The molecule has 0 atom stereocenters. The normalized spacial score (nSPS) is 8.77. The van der Waals surface area contributed by atoms with Gasteiger partial charge in [0.25, 0.3) is 5.91 Å². The molecule has 1 aromatic heterocycles. The number of thiophene rings is 1. The van der Waals surface area contributed by atoms with Crippen molar-refractivity contribution < 1.29 is 4.79 Å². The largest absolute Gasteiger partial charge is 0.340 e. The second-order valence-electron chi connectivity index (χ2n) is 2.25. The van der Waals surface area contributed by atoms with Gasteiger partial charge in [0.15, 0.2) is 0 Å². The van der Waals surface area contributed by atoms with Crippen LogP contribution in [0.5, 0.6) is 0 Å². The number of carbonyl (C=O) groups excluding carboxylic acids is 1. The zero-order valence-electron chi connectivity index (χ0n) is 7.06. The van der Waals surface area contributed by atoms with Crippen LogP contribution in [0.1, 0.15) is 11.8 Å². The monoisotopic (exact) mass is 257 g/mol. The van der Waals surface area contributed by atoms with Crippen LogP contribution in [0.2, 0.25) is 0 Å². The molecule has 0 aliphatic carbocycles. The van der Waals surface area contributed by atoms with Crippen molar-refractivity contribution in [2.24, 2.45) is 0 Å². The second-order valence-corrected chi connectivity index (χ2v) is 4.10. The first kappa shape index (κ1) is 10.3. The molecule has 13 heavy (non-hydrogen) atoms. The Morgan fingerprint density at radius 1 is 1.77 bits per heavy atom. The minimum absolute atomic E-state index is 0.234. The van der Waals surface area contributed by atoms with Crippen molar-refractivity contribution in [1.82, 2.24) is 5.32 Å². The van der Waals surface area contributed by atoms with Crippen LogP contribution in [0.15, 0.2) is 15.9 Å².